The van der Waals surface area contributed by atoms with Gasteiger partial charge < -0.3 is 15.1 Å². The van der Waals surface area contributed by atoms with E-state index in [1.54, 1.807) is 0 Å². The lowest BCUT2D eigenvalue weighted by molar-refractivity contribution is -0.248. The summed E-state index contributed by atoms with van der Waals surface area (Å²) in [5.74, 6) is 0. The van der Waals surface area contributed by atoms with Crippen LogP contribution in [0.3, 0.4) is 0 Å². The first-order chi connectivity index (χ1) is 6.18. The van der Waals surface area contributed by atoms with Crippen molar-refractivity contribution in [3.63, 3.8) is 0 Å². The van der Waals surface area contributed by atoms with E-state index in [4.69, 9.17) is 10.2 Å². The SMILES string of the molecule is C=COOCCCC.CC(O)CO. The van der Waals surface area contributed by atoms with Crippen molar-refractivity contribution in [2.24, 2.45) is 0 Å². The molecule has 13 heavy (non-hydrogen) atoms. The average molecular weight is 192 g/mol. The predicted octanol–water partition coefficient (Wildman–Crippen LogP) is 1.24. The van der Waals surface area contributed by atoms with Crippen LogP contribution in [0.4, 0.5) is 0 Å². The first kappa shape index (κ1) is 14.9. The van der Waals surface area contributed by atoms with Crippen molar-refractivity contribution in [1.29, 1.82) is 0 Å². The zero-order chi connectivity index (χ0) is 10.5. The van der Waals surface area contributed by atoms with Crippen molar-refractivity contribution in [3.8, 4) is 0 Å². The summed E-state index contributed by atoms with van der Waals surface area (Å²) in [7, 11) is 0. The largest absolute Gasteiger partial charge is 0.394 e. The highest BCUT2D eigenvalue weighted by Crippen LogP contribution is 1.87. The fourth-order valence-corrected chi connectivity index (χ4v) is 0.299. The number of aliphatic hydroxyl groups is 2. The Hall–Kier alpha value is -0.580. The summed E-state index contributed by atoms with van der Waals surface area (Å²) in [6.45, 7) is 7.45. The van der Waals surface area contributed by atoms with Crippen molar-refractivity contribution >= 4 is 0 Å². The molecular weight excluding hydrogens is 172 g/mol. The van der Waals surface area contributed by atoms with Crippen molar-refractivity contribution in [2.45, 2.75) is 32.8 Å². The van der Waals surface area contributed by atoms with E-state index >= 15 is 0 Å². The summed E-state index contributed by atoms with van der Waals surface area (Å²) >= 11 is 0. The molecule has 1 atom stereocenters. The number of unbranched alkanes of at least 4 members (excludes halogenated alkanes) is 1. The highest BCUT2D eigenvalue weighted by Gasteiger charge is 1.83. The van der Waals surface area contributed by atoms with Crippen molar-refractivity contribution in [1.82, 2.24) is 0 Å². The van der Waals surface area contributed by atoms with Crippen LogP contribution in [0.2, 0.25) is 0 Å². The standard InChI is InChI=1S/C6H12O2.C3H8O2/c1-3-5-6-8-7-4-2;1-3(5)2-4/h4H,2-3,5-6H2,1H3;3-5H,2H2,1H3. The van der Waals surface area contributed by atoms with Crippen LogP contribution in [0.25, 0.3) is 0 Å². The van der Waals surface area contributed by atoms with Crippen LogP contribution in [0.1, 0.15) is 26.7 Å². The summed E-state index contributed by atoms with van der Waals surface area (Å²) in [4.78, 5) is 9.00. The third-order valence-corrected chi connectivity index (χ3v) is 0.982. The Morgan fingerprint density at radius 3 is 2.38 bits per heavy atom. The lowest BCUT2D eigenvalue weighted by Gasteiger charge is -1.95. The second-order valence-electron chi connectivity index (χ2n) is 2.47. The van der Waals surface area contributed by atoms with Gasteiger partial charge in [0.05, 0.1) is 19.3 Å². The van der Waals surface area contributed by atoms with Crippen molar-refractivity contribution < 1.29 is 20.0 Å². The zero-order valence-electron chi connectivity index (χ0n) is 8.40. The molecule has 0 saturated carbocycles. The van der Waals surface area contributed by atoms with Crippen LogP contribution in [0.15, 0.2) is 12.8 Å². The molecule has 0 heterocycles. The Balaban J connectivity index is 0. The normalized spacial score (nSPS) is 11.1. The van der Waals surface area contributed by atoms with E-state index in [1.165, 1.54) is 13.2 Å². The third-order valence-electron chi connectivity index (χ3n) is 0.982. The van der Waals surface area contributed by atoms with Gasteiger partial charge in [0.2, 0.25) is 0 Å². The van der Waals surface area contributed by atoms with Gasteiger partial charge in [0.1, 0.15) is 6.26 Å². The van der Waals surface area contributed by atoms with Gasteiger partial charge in [0.15, 0.2) is 0 Å². The predicted molar refractivity (Wildman–Crippen MR) is 50.9 cm³/mol. The molecule has 0 aromatic heterocycles. The minimum absolute atomic E-state index is 0.139. The second-order valence-corrected chi connectivity index (χ2v) is 2.47. The van der Waals surface area contributed by atoms with Gasteiger partial charge >= 0.3 is 0 Å². The maximum atomic E-state index is 8.11. The molecule has 4 heteroatoms. The van der Waals surface area contributed by atoms with E-state index in [1.807, 2.05) is 0 Å². The smallest absolute Gasteiger partial charge is 0.122 e. The summed E-state index contributed by atoms with van der Waals surface area (Å²) in [6, 6.07) is 0. The lowest BCUT2D eigenvalue weighted by Crippen LogP contribution is -2.03. The molecular formula is C9H20O4. The average Bonchev–Trinajstić information content (AvgIpc) is 2.14. The molecule has 0 radical (unpaired) electrons. The number of rotatable bonds is 6. The first-order valence-electron chi connectivity index (χ1n) is 4.37. The Morgan fingerprint density at radius 2 is 2.08 bits per heavy atom. The molecule has 0 rings (SSSR count). The summed E-state index contributed by atoms with van der Waals surface area (Å²) < 4.78 is 0. The van der Waals surface area contributed by atoms with Gasteiger partial charge in [0, 0.05) is 0 Å². The maximum absolute atomic E-state index is 8.11. The monoisotopic (exact) mass is 192 g/mol. The van der Waals surface area contributed by atoms with Crippen molar-refractivity contribution in [2.75, 3.05) is 13.2 Å². The molecule has 0 spiro atoms. The molecule has 4 nitrogen and oxygen atoms in total. The molecule has 2 N–H and O–H groups in total. The Labute approximate surface area is 79.7 Å². The third kappa shape index (κ3) is 24.6. The Bertz CT molecular complexity index is 93.6. The Kier molecular flexibility index (Phi) is 16.0. The minimum Gasteiger partial charge on any atom is -0.394 e. The van der Waals surface area contributed by atoms with Crippen LogP contribution in [-0.2, 0) is 9.78 Å². The second kappa shape index (κ2) is 14.0. The van der Waals surface area contributed by atoms with Gasteiger partial charge in [-0.2, -0.15) is 4.89 Å². The van der Waals surface area contributed by atoms with E-state index in [0.717, 1.165) is 12.8 Å². The number of hydrogen-bond acceptors (Lipinski definition) is 4. The molecule has 0 aliphatic heterocycles. The van der Waals surface area contributed by atoms with E-state index in [0.29, 0.717) is 6.61 Å². The fourth-order valence-electron chi connectivity index (χ4n) is 0.299. The number of aliphatic hydroxyl groups excluding tert-OH is 2. The van der Waals surface area contributed by atoms with E-state index in [2.05, 4.69) is 23.3 Å². The van der Waals surface area contributed by atoms with Crippen LogP contribution in [-0.4, -0.2) is 29.5 Å². The topological polar surface area (TPSA) is 58.9 Å². The molecule has 0 saturated heterocycles. The molecule has 0 bridgehead atoms. The molecule has 0 aliphatic carbocycles. The summed E-state index contributed by atoms with van der Waals surface area (Å²) in [5, 5.41) is 16.0. The summed E-state index contributed by atoms with van der Waals surface area (Å²) in [5.41, 5.74) is 0. The van der Waals surface area contributed by atoms with Crippen LogP contribution >= 0.6 is 0 Å². The molecule has 1 unspecified atom stereocenters. The van der Waals surface area contributed by atoms with Crippen LogP contribution < -0.4 is 0 Å². The van der Waals surface area contributed by atoms with Gasteiger partial charge in [-0.1, -0.05) is 19.9 Å². The summed E-state index contributed by atoms with van der Waals surface area (Å²) in [6.07, 6.45) is 2.87. The van der Waals surface area contributed by atoms with Gasteiger partial charge in [-0.25, -0.2) is 0 Å². The van der Waals surface area contributed by atoms with E-state index in [-0.39, 0.29) is 6.61 Å². The molecule has 80 valence electrons. The van der Waals surface area contributed by atoms with E-state index < -0.39 is 6.10 Å². The van der Waals surface area contributed by atoms with Gasteiger partial charge in [-0.3, -0.25) is 0 Å². The minimum atomic E-state index is -0.560. The molecule has 0 aliphatic rings. The van der Waals surface area contributed by atoms with Crippen LogP contribution in [0, 0.1) is 0 Å². The quantitative estimate of drug-likeness (QED) is 0.288. The highest BCUT2D eigenvalue weighted by molar-refractivity contribution is 4.42. The molecule has 0 aromatic rings. The number of hydrogen-bond donors (Lipinski definition) is 2. The van der Waals surface area contributed by atoms with E-state index in [9.17, 15) is 0 Å². The zero-order valence-corrected chi connectivity index (χ0v) is 8.40. The molecule has 0 aromatic carbocycles. The van der Waals surface area contributed by atoms with Gasteiger partial charge in [-0.15, -0.1) is 0 Å². The van der Waals surface area contributed by atoms with Gasteiger partial charge in [0.25, 0.3) is 0 Å². The van der Waals surface area contributed by atoms with Crippen LogP contribution in [0.5, 0.6) is 0 Å². The maximum Gasteiger partial charge on any atom is 0.122 e. The fraction of sp³-hybridized carbons (Fsp3) is 0.778. The molecule has 0 amide bonds. The lowest BCUT2D eigenvalue weighted by atomic mass is 10.4. The Morgan fingerprint density at radius 1 is 1.54 bits per heavy atom. The highest BCUT2D eigenvalue weighted by atomic mass is 17.2. The van der Waals surface area contributed by atoms with Gasteiger partial charge in [-0.05, 0) is 13.3 Å². The molecule has 0 fully saturated rings. The van der Waals surface area contributed by atoms with Crippen molar-refractivity contribution in [3.05, 3.63) is 12.8 Å². The first-order valence-corrected chi connectivity index (χ1v) is 4.37.